The highest BCUT2D eigenvalue weighted by atomic mass is 35.5. The first-order valence-corrected chi connectivity index (χ1v) is 9.54. The second-order valence-corrected chi connectivity index (χ2v) is 7.87. The Hall–Kier alpha value is -0.370. The van der Waals surface area contributed by atoms with Crippen molar-refractivity contribution in [3.05, 3.63) is 0 Å². The highest BCUT2D eigenvalue weighted by molar-refractivity contribution is 7.89. The van der Waals surface area contributed by atoms with Gasteiger partial charge in [0.05, 0.1) is 5.75 Å². The van der Waals surface area contributed by atoms with Crippen molar-refractivity contribution < 1.29 is 13.2 Å². The van der Waals surface area contributed by atoms with Crippen molar-refractivity contribution >= 4 is 28.3 Å². The molecule has 1 aliphatic rings. The lowest BCUT2D eigenvalue weighted by atomic mass is 9.84. The summed E-state index contributed by atoms with van der Waals surface area (Å²) < 4.78 is 24.9. The predicted octanol–water partition coefficient (Wildman–Crippen LogP) is 0.880. The Morgan fingerprint density at radius 2 is 1.91 bits per heavy atom. The summed E-state index contributed by atoms with van der Waals surface area (Å²) in [6.45, 7) is 6.74. The Kier molecular flexibility index (Phi) is 11.0. The van der Waals surface area contributed by atoms with E-state index in [2.05, 4.69) is 22.3 Å². The molecule has 1 unspecified atom stereocenters. The molecule has 0 spiro atoms. The van der Waals surface area contributed by atoms with Crippen molar-refractivity contribution in [2.24, 2.45) is 11.8 Å². The highest BCUT2D eigenvalue weighted by Gasteiger charge is 2.21. The largest absolute Gasteiger partial charge is 0.356 e. The van der Waals surface area contributed by atoms with Crippen LogP contribution in [0.4, 0.5) is 0 Å². The SMILES string of the molecule is CCS(=O)(=O)NCCCNC(=O)CC(C)C1CCNCC1.Cl. The van der Waals surface area contributed by atoms with Crippen molar-refractivity contribution in [2.45, 2.75) is 39.5 Å². The van der Waals surface area contributed by atoms with E-state index in [1.807, 2.05) is 0 Å². The van der Waals surface area contributed by atoms with Crippen LogP contribution in [0.1, 0.15) is 39.5 Å². The van der Waals surface area contributed by atoms with Crippen LogP contribution in [0.5, 0.6) is 0 Å². The van der Waals surface area contributed by atoms with Gasteiger partial charge < -0.3 is 10.6 Å². The summed E-state index contributed by atoms with van der Waals surface area (Å²) in [7, 11) is -3.12. The van der Waals surface area contributed by atoms with Gasteiger partial charge in [0.25, 0.3) is 0 Å². The number of hydrogen-bond donors (Lipinski definition) is 3. The molecule has 0 aromatic rings. The zero-order valence-electron chi connectivity index (χ0n) is 13.6. The summed E-state index contributed by atoms with van der Waals surface area (Å²) in [4.78, 5) is 11.8. The van der Waals surface area contributed by atoms with Crippen LogP contribution in [-0.2, 0) is 14.8 Å². The molecule has 1 fully saturated rings. The number of hydrogen-bond acceptors (Lipinski definition) is 4. The number of carbonyl (C=O) groups excluding carboxylic acids is 1. The summed E-state index contributed by atoms with van der Waals surface area (Å²) in [5, 5.41) is 6.20. The van der Waals surface area contributed by atoms with Gasteiger partial charge in [-0.3, -0.25) is 4.79 Å². The minimum Gasteiger partial charge on any atom is -0.356 e. The van der Waals surface area contributed by atoms with Gasteiger partial charge in [-0.2, -0.15) is 0 Å². The smallest absolute Gasteiger partial charge is 0.220 e. The summed E-state index contributed by atoms with van der Waals surface area (Å²) in [6, 6.07) is 0. The van der Waals surface area contributed by atoms with Crippen LogP contribution in [0.25, 0.3) is 0 Å². The van der Waals surface area contributed by atoms with E-state index in [1.54, 1.807) is 6.92 Å². The fourth-order valence-electron chi connectivity index (χ4n) is 2.59. The Morgan fingerprint density at radius 1 is 1.27 bits per heavy atom. The molecule has 1 rings (SSSR count). The van der Waals surface area contributed by atoms with Crippen molar-refractivity contribution in [1.29, 1.82) is 0 Å². The van der Waals surface area contributed by atoms with Crippen LogP contribution in [0.2, 0.25) is 0 Å². The van der Waals surface area contributed by atoms with Gasteiger partial charge in [-0.1, -0.05) is 6.92 Å². The zero-order chi connectivity index (χ0) is 15.7. The van der Waals surface area contributed by atoms with Crippen LogP contribution in [0, 0.1) is 11.8 Å². The molecule has 1 aliphatic heterocycles. The van der Waals surface area contributed by atoms with Gasteiger partial charge in [0.15, 0.2) is 0 Å². The maximum atomic E-state index is 11.8. The van der Waals surface area contributed by atoms with Gasteiger partial charge >= 0.3 is 0 Å². The lowest BCUT2D eigenvalue weighted by Crippen LogP contribution is -2.34. The predicted molar refractivity (Wildman–Crippen MR) is 91.7 cm³/mol. The third-order valence-corrected chi connectivity index (χ3v) is 5.48. The van der Waals surface area contributed by atoms with Crippen LogP contribution in [-0.4, -0.2) is 46.3 Å². The summed E-state index contributed by atoms with van der Waals surface area (Å²) in [5.41, 5.74) is 0. The molecule has 0 radical (unpaired) electrons. The van der Waals surface area contributed by atoms with Crippen molar-refractivity contribution in [1.82, 2.24) is 15.4 Å². The van der Waals surface area contributed by atoms with Gasteiger partial charge in [-0.15, -0.1) is 12.4 Å². The Morgan fingerprint density at radius 3 is 2.50 bits per heavy atom. The summed E-state index contributed by atoms with van der Waals surface area (Å²) in [6.07, 6.45) is 3.47. The molecule has 0 aliphatic carbocycles. The van der Waals surface area contributed by atoms with E-state index in [9.17, 15) is 13.2 Å². The first kappa shape index (κ1) is 21.6. The van der Waals surface area contributed by atoms with E-state index in [0.717, 1.165) is 25.9 Å². The fraction of sp³-hybridized carbons (Fsp3) is 0.929. The van der Waals surface area contributed by atoms with Crippen LogP contribution in [0.15, 0.2) is 0 Å². The van der Waals surface area contributed by atoms with E-state index in [1.165, 1.54) is 0 Å². The minimum atomic E-state index is -3.12. The third-order valence-electron chi connectivity index (χ3n) is 4.07. The van der Waals surface area contributed by atoms with E-state index >= 15 is 0 Å². The van der Waals surface area contributed by atoms with Crippen LogP contribution in [0.3, 0.4) is 0 Å². The molecule has 1 atom stereocenters. The highest BCUT2D eigenvalue weighted by Crippen LogP contribution is 2.23. The first-order valence-electron chi connectivity index (χ1n) is 7.89. The molecule has 0 saturated carbocycles. The van der Waals surface area contributed by atoms with Crippen molar-refractivity contribution in [2.75, 3.05) is 31.9 Å². The van der Waals surface area contributed by atoms with Gasteiger partial charge in [0.1, 0.15) is 0 Å². The Bertz CT molecular complexity index is 412. The maximum absolute atomic E-state index is 11.8. The average molecular weight is 356 g/mol. The molecule has 1 amide bonds. The molecule has 8 heteroatoms. The van der Waals surface area contributed by atoms with Gasteiger partial charge in [0, 0.05) is 19.5 Å². The second kappa shape index (κ2) is 11.2. The molecule has 1 heterocycles. The number of sulfonamides is 1. The number of nitrogens with one attached hydrogen (secondary N) is 3. The van der Waals surface area contributed by atoms with Crippen molar-refractivity contribution in [3.63, 3.8) is 0 Å². The van der Waals surface area contributed by atoms with Crippen LogP contribution >= 0.6 is 12.4 Å². The Balaban J connectivity index is 0.00000441. The van der Waals surface area contributed by atoms with E-state index < -0.39 is 10.0 Å². The molecule has 0 aromatic heterocycles. The molecule has 0 bridgehead atoms. The second-order valence-electron chi connectivity index (χ2n) is 5.77. The van der Waals surface area contributed by atoms with E-state index in [0.29, 0.717) is 37.8 Å². The van der Waals surface area contributed by atoms with Crippen molar-refractivity contribution in [3.8, 4) is 0 Å². The number of halogens is 1. The first-order chi connectivity index (χ1) is 9.94. The van der Waals surface area contributed by atoms with Gasteiger partial charge in [-0.05, 0) is 51.1 Å². The molecule has 1 saturated heterocycles. The number of carbonyl (C=O) groups is 1. The monoisotopic (exact) mass is 355 g/mol. The molecular formula is C14H30ClN3O3S. The average Bonchev–Trinajstić information content (AvgIpc) is 2.47. The zero-order valence-corrected chi connectivity index (χ0v) is 15.2. The molecule has 132 valence electrons. The fourth-order valence-corrected chi connectivity index (χ4v) is 3.25. The van der Waals surface area contributed by atoms with E-state index in [-0.39, 0.29) is 24.1 Å². The van der Waals surface area contributed by atoms with E-state index in [4.69, 9.17) is 0 Å². The molecule has 6 nitrogen and oxygen atoms in total. The quantitative estimate of drug-likeness (QED) is 0.536. The third kappa shape index (κ3) is 8.92. The molecular weight excluding hydrogens is 326 g/mol. The number of piperidine rings is 1. The molecule has 22 heavy (non-hydrogen) atoms. The number of rotatable bonds is 9. The Labute approximate surface area is 140 Å². The molecule has 3 N–H and O–H groups in total. The van der Waals surface area contributed by atoms with Crippen LogP contribution < -0.4 is 15.4 Å². The topological polar surface area (TPSA) is 87.3 Å². The van der Waals surface area contributed by atoms with Gasteiger partial charge in [-0.25, -0.2) is 13.1 Å². The minimum absolute atomic E-state index is 0. The maximum Gasteiger partial charge on any atom is 0.220 e. The standard InChI is InChI=1S/C14H29N3O3S.ClH/c1-3-21(19,20)17-8-4-7-16-14(18)11-12(2)13-5-9-15-10-6-13;/h12-13,15,17H,3-11H2,1-2H3,(H,16,18);1H. The number of amides is 1. The van der Waals surface area contributed by atoms with Gasteiger partial charge in [0.2, 0.25) is 15.9 Å². The lowest BCUT2D eigenvalue weighted by Gasteiger charge is -2.27. The lowest BCUT2D eigenvalue weighted by molar-refractivity contribution is -0.122. The summed E-state index contributed by atoms with van der Waals surface area (Å²) in [5.74, 6) is 1.20. The summed E-state index contributed by atoms with van der Waals surface area (Å²) >= 11 is 0. The normalized spacial score (nSPS) is 17.5. The molecule has 0 aromatic carbocycles.